The van der Waals surface area contributed by atoms with Crippen molar-refractivity contribution in [2.24, 2.45) is 0 Å². The first kappa shape index (κ1) is 15.2. The van der Waals surface area contributed by atoms with Gasteiger partial charge in [-0.3, -0.25) is 4.31 Å². The first-order valence-corrected chi connectivity index (χ1v) is 8.93. The van der Waals surface area contributed by atoms with Crippen LogP contribution in [-0.4, -0.2) is 21.6 Å². The van der Waals surface area contributed by atoms with Crippen LogP contribution < -0.4 is 9.04 Å². The smallest absolute Gasteiger partial charge is 0.239 e. The summed E-state index contributed by atoms with van der Waals surface area (Å²) in [6, 6.07) is 12.4. The summed E-state index contributed by atoms with van der Waals surface area (Å²) in [5, 5.41) is 0.591. The number of nitrogens with zero attached hydrogens (tertiary/aromatic N) is 1. The first-order chi connectivity index (χ1) is 10.5. The number of halogens is 1. The van der Waals surface area contributed by atoms with Crippen LogP contribution in [0.2, 0.25) is 5.02 Å². The van der Waals surface area contributed by atoms with E-state index in [1.807, 2.05) is 25.1 Å². The molecule has 0 fully saturated rings. The Kier molecular flexibility index (Phi) is 4.02. The molecule has 22 heavy (non-hydrogen) atoms. The van der Waals surface area contributed by atoms with Gasteiger partial charge in [-0.05, 0) is 42.3 Å². The van der Waals surface area contributed by atoms with E-state index in [1.165, 1.54) is 4.31 Å². The molecule has 116 valence electrons. The number of rotatable bonds is 3. The normalized spacial score (nSPS) is 14.4. The Bertz CT molecular complexity index is 788. The van der Waals surface area contributed by atoms with Gasteiger partial charge in [-0.1, -0.05) is 29.8 Å². The minimum atomic E-state index is -3.47. The monoisotopic (exact) mass is 337 g/mol. The molecule has 2 aromatic carbocycles. The van der Waals surface area contributed by atoms with Gasteiger partial charge < -0.3 is 4.74 Å². The second-order valence-corrected chi connectivity index (χ2v) is 7.60. The SMILES string of the molecule is Cc1ccc2c(c1)N(S(=O)(=O)Cc1ccc(Cl)cc1)CCO2. The lowest BCUT2D eigenvalue weighted by Gasteiger charge is -2.30. The van der Waals surface area contributed by atoms with Crippen LogP contribution >= 0.6 is 11.6 Å². The standard InChI is InChI=1S/C16H16ClNO3S/c1-12-2-7-16-15(10-12)18(8-9-21-16)22(19,20)11-13-3-5-14(17)6-4-13/h2-7,10H,8-9,11H2,1H3. The van der Waals surface area contributed by atoms with E-state index in [2.05, 4.69) is 0 Å². The molecule has 0 amide bonds. The maximum absolute atomic E-state index is 12.8. The molecular weight excluding hydrogens is 322 g/mol. The van der Waals surface area contributed by atoms with E-state index >= 15 is 0 Å². The molecule has 0 atom stereocenters. The number of sulfonamides is 1. The molecule has 3 rings (SSSR count). The van der Waals surface area contributed by atoms with Crippen LogP contribution in [0.4, 0.5) is 5.69 Å². The number of benzene rings is 2. The van der Waals surface area contributed by atoms with E-state index < -0.39 is 10.0 Å². The quantitative estimate of drug-likeness (QED) is 0.862. The summed E-state index contributed by atoms with van der Waals surface area (Å²) in [6.07, 6.45) is 0. The zero-order chi connectivity index (χ0) is 15.7. The van der Waals surface area contributed by atoms with Gasteiger partial charge in [-0.25, -0.2) is 8.42 Å². The molecule has 1 aliphatic rings. The minimum Gasteiger partial charge on any atom is -0.489 e. The lowest BCUT2D eigenvalue weighted by atomic mass is 10.2. The summed E-state index contributed by atoms with van der Waals surface area (Å²) < 4.78 is 32.5. The fourth-order valence-electron chi connectivity index (χ4n) is 2.46. The predicted octanol–water partition coefficient (Wildman–Crippen LogP) is 3.38. The third kappa shape index (κ3) is 3.05. The van der Waals surface area contributed by atoms with Crippen molar-refractivity contribution in [3.05, 3.63) is 58.6 Å². The Hall–Kier alpha value is -1.72. The van der Waals surface area contributed by atoms with Crippen molar-refractivity contribution in [3.63, 3.8) is 0 Å². The minimum absolute atomic E-state index is 0.0580. The molecule has 6 heteroatoms. The molecule has 1 heterocycles. The van der Waals surface area contributed by atoms with Crippen molar-refractivity contribution >= 4 is 27.3 Å². The molecule has 0 aromatic heterocycles. The molecule has 1 aliphatic heterocycles. The lowest BCUT2D eigenvalue weighted by molar-refractivity contribution is 0.315. The fraction of sp³-hybridized carbons (Fsp3) is 0.250. The van der Waals surface area contributed by atoms with E-state index in [4.69, 9.17) is 16.3 Å². The maximum Gasteiger partial charge on any atom is 0.239 e. The third-order valence-corrected chi connectivity index (χ3v) is 5.53. The highest BCUT2D eigenvalue weighted by Crippen LogP contribution is 2.34. The molecule has 0 unspecified atom stereocenters. The molecule has 0 spiro atoms. The summed E-state index contributed by atoms with van der Waals surface area (Å²) >= 11 is 5.84. The zero-order valence-electron chi connectivity index (χ0n) is 12.1. The Labute approximate surface area is 135 Å². The molecular formula is C16H16ClNO3S. The highest BCUT2D eigenvalue weighted by atomic mass is 35.5. The average molecular weight is 338 g/mol. The Morgan fingerprint density at radius 1 is 1.18 bits per heavy atom. The van der Waals surface area contributed by atoms with E-state index in [1.54, 1.807) is 24.3 Å². The number of hydrogen-bond acceptors (Lipinski definition) is 3. The number of ether oxygens (including phenoxy) is 1. The molecule has 0 saturated carbocycles. The van der Waals surface area contributed by atoms with Crippen LogP contribution in [0.25, 0.3) is 0 Å². The van der Waals surface area contributed by atoms with Gasteiger partial charge in [-0.15, -0.1) is 0 Å². The summed E-state index contributed by atoms with van der Waals surface area (Å²) in [5.74, 6) is 0.550. The summed E-state index contributed by atoms with van der Waals surface area (Å²) in [5.41, 5.74) is 2.32. The van der Waals surface area contributed by atoms with Gasteiger partial charge in [-0.2, -0.15) is 0 Å². The molecule has 0 aliphatic carbocycles. The van der Waals surface area contributed by atoms with Gasteiger partial charge in [0.1, 0.15) is 12.4 Å². The van der Waals surface area contributed by atoms with Crippen molar-refractivity contribution in [2.75, 3.05) is 17.5 Å². The van der Waals surface area contributed by atoms with E-state index in [0.29, 0.717) is 35.2 Å². The third-order valence-electron chi connectivity index (χ3n) is 3.53. The maximum atomic E-state index is 12.8. The Morgan fingerprint density at radius 3 is 2.64 bits per heavy atom. The molecule has 2 aromatic rings. The summed E-state index contributed by atoms with van der Waals surface area (Å²) in [6.45, 7) is 2.61. The Morgan fingerprint density at radius 2 is 1.91 bits per heavy atom. The van der Waals surface area contributed by atoms with Crippen molar-refractivity contribution < 1.29 is 13.2 Å². The molecule has 0 saturated heterocycles. The molecule has 0 bridgehead atoms. The van der Waals surface area contributed by atoms with Crippen LogP contribution in [0.15, 0.2) is 42.5 Å². The van der Waals surface area contributed by atoms with Crippen molar-refractivity contribution in [2.45, 2.75) is 12.7 Å². The second-order valence-electron chi connectivity index (χ2n) is 5.27. The highest BCUT2D eigenvalue weighted by molar-refractivity contribution is 7.92. The number of hydrogen-bond donors (Lipinski definition) is 0. The number of fused-ring (bicyclic) bond motifs is 1. The summed E-state index contributed by atoms with van der Waals surface area (Å²) in [4.78, 5) is 0. The van der Waals surface area contributed by atoms with Crippen LogP contribution in [0.3, 0.4) is 0 Å². The van der Waals surface area contributed by atoms with Crippen LogP contribution in [0, 0.1) is 6.92 Å². The lowest BCUT2D eigenvalue weighted by Crippen LogP contribution is -2.38. The number of aryl methyl sites for hydroxylation is 1. The summed E-state index contributed by atoms with van der Waals surface area (Å²) in [7, 11) is -3.47. The van der Waals surface area contributed by atoms with Gasteiger partial charge in [0, 0.05) is 5.02 Å². The van der Waals surface area contributed by atoms with Crippen molar-refractivity contribution in [1.29, 1.82) is 0 Å². The Balaban J connectivity index is 1.93. The van der Waals surface area contributed by atoms with E-state index in [0.717, 1.165) is 5.56 Å². The number of anilines is 1. The van der Waals surface area contributed by atoms with Crippen molar-refractivity contribution in [1.82, 2.24) is 0 Å². The van der Waals surface area contributed by atoms with E-state index in [-0.39, 0.29) is 5.75 Å². The van der Waals surface area contributed by atoms with Gasteiger partial charge >= 0.3 is 0 Å². The molecule has 0 N–H and O–H groups in total. The predicted molar refractivity (Wildman–Crippen MR) is 88.1 cm³/mol. The van der Waals surface area contributed by atoms with Gasteiger partial charge in [0.2, 0.25) is 10.0 Å². The topological polar surface area (TPSA) is 46.6 Å². The average Bonchev–Trinajstić information content (AvgIpc) is 2.48. The second kappa shape index (κ2) is 5.82. The molecule has 4 nitrogen and oxygen atoms in total. The van der Waals surface area contributed by atoms with E-state index in [9.17, 15) is 8.42 Å². The van der Waals surface area contributed by atoms with Gasteiger partial charge in [0.05, 0.1) is 18.0 Å². The highest BCUT2D eigenvalue weighted by Gasteiger charge is 2.28. The first-order valence-electron chi connectivity index (χ1n) is 6.94. The van der Waals surface area contributed by atoms with Gasteiger partial charge in [0.25, 0.3) is 0 Å². The van der Waals surface area contributed by atoms with Crippen LogP contribution in [0.5, 0.6) is 5.75 Å². The van der Waals surface area contributed by atoms with Crippen LogP contribution in [-0.2, 0) is 15.8 Å². The fourth-order valence-corrected chi connectivity index (χ4v) is 4.15. The van der Waals surface area contributed by atoms with Crippen molar-refractivity contribution in [3.8, 4) is 5.75 Å². The zero-order valence-corrected chi connectivity index (χ0v) is 13.7. The largest absolute Gasteiger partial charge is 0.489 e. The van der Waals surface area contributed by atoms with Crippen LogP contribution in [0.1, 0.15) is 11.1 Å². The van der Waals surface area contributed by atoms with Gasteiger partial charge in [0.15, 0.2) is 0 Å². The molecule has 0 radical (unpaired) electrons.